The first-order valence-corrected chi connectivity index (χ1v) is 8.35. The summed E-state index contributed by atoms with van der Waals surface area (Å²) in [4.78, 5) is 12.2. The summed E-state index contributed by atoms with van der Waals surface area (Å²) < 4.78 is 16.0. The summed E-state index contributed by atoms with van der Waals surface area (Å²) in [5.41, 5.74) is 2.33. The van der Waals surface area contributed by atoms with Gasteiger partial charge >= 0.3 is 0 Å². The Balaban J connectivity index is 2.04. The molecule has 2 aromatic rings. The molecule has 140 valence electrons. The molecule has 0 saturated carbocycles. The Hall–Kier alpha value is -2.73. The van der Waals surface area contributed by atoms with Crippen LogP contribution in [0.5, 0.6) is 17.2 Å². The number of carbonyl (C=O) groups excluding carboxylic acids is 1. The van der Waals surface area contributed by atoms with Crippen LogP contribution in [-0.4, -0.2) is 32.3 Å². The Morgan fingerprint density at radius 1 is 1.08 bits per heavy atom. The summed E-state index contributed by atoms with van der Waals surface area (Å²) in [6, 6.07) is 10.9. The molecule has 0 radical (unpaired) electrons. The number of ether oxygens (including phenoxy) is 3. The van der Waals surface area contributed by atoms with E-state index in [1.54, 1.807) is 46.5 Å². The SMILES string of the molecule is COc1cc(CCC(=O)Nc2cccc(C(C)O)c2)cc(OC)c1OC. The van der Waals surface area contributed by atoms with Gasteiger partial charge in [0.2, 0.25) is 11.7 Å². The minimum atomic E-state index is -0.578. The number of methoxy groups -OCH3 is 3. The fraction of sp³-hybridized carbons (Fsp3) is 0.350. The van der Waals surface area contributed by atoms with E-state index in [1.807, 2.05) is 18.2 Å². The monoisotopic (exact) mass is 359 g/mol. The molecule has 0 saturated heterocycles. The average molecular weight is 359 g/mol. The highest BCUT2D eigenvalue weighted by molar-refractivity contribution is 5.90. The summed E-state index contributed by atoms with van der Waals surface area (Å²) in [5, 5.41) is 12.5. The first-order chi connectivity index (χ1) is 12.5. The predicted molar refractivity (Wildman–Crippen MR) is 100 cm³/mol. The topological polar surface area (TPSA) is 77.0 Å². The second kappa shape index (κ2) is 9.10. The number of rotatable bonds is 8. The van der Waals surface area contributed by atoms with Gasteiger partial charge < -0.3 is 24.6 Å². The van der Waals surface area contributed by atoms with Crippen molar-refractivity contribution in [2.75, 3.05) is 26.6 Å². The molecule has 1 unspecified atom stereocenters. The number of aryl methyl sites for hydroxylation is 1. The lowest BCUT2D eigenvalue weighted by atomic mass is 10.1. The summed E-state index contributed by atoms with van der Waals surface area (Å²) in [5.74, 6) is 1.54. The highest BCUT2D eigenvalue weighted by atomic mass is 16.5. The molecule has 6 heteroatoms. The number of aliphatic hydroxyl groups is 1. The molecule has 0 aromatic heterocycles. The van der Waals surface area contributed by atoms with Crippen molar-refractivity contribution in [2.24, 2.45) is 0 Å². The van der Waals surface area contributed by atoms with Crippen molar-refractivity contribution >= 4 is 11.6 Å². The summed E-state index contributed by atoms with van der Waals surface area (Å²) >= 11 is 0. The Morgan fingerprint density at radius 3 is 2.27 bits per heavy atom. The maximum Gasteiger partial charge on any atom is 0.224 e. The van der Waals surface area contributed by atoms with Crippen LogP contribution in [0, 0.1) is 0 Å². The Kier molecular flexibility index (Phi) is 6.86. The number of hydrogen-bond donors (Lipinski definition) is 2. The van der Waals surface area contributed by atoms with E-state index in [-0.39, 0.29) is 5.91 Å². The third-order valence-corrected chi connectivity index (χ3v) is 4.02. The van der Waals surface area contributed by atoms with Gasteiger partial charge in [0.25, 0.3) is 0 Å². The number of nitrogens with one attached hydrogen (secondary N) is 1. The van der Waals surface area contributed by atoms with Gasteiger partial charge in [0.1, 0.15) is 0 Å². The zero-order valence-corrected chi connectivity index (χ0v) is 15.5. The molecule has 1 atom stereocenters. The van der Waals surface area contributed by atoms with Crippen LogP contribution in [0.1, 0.15) is 30.6 Å². The third kappa shape index (κ3) is 4.89. The number of anilines is 1. The van der Waals surface area contributed by atoms with Gasteiger partial charge in [0.05, 0.1) is 27.4 Å². The number of amides is 1. The van der Waals surface area contributed by atoms with E-state index in [9.17, 15) is 9.90 Å². The first kappa shape index (κ1) is 19.6. The van der Waals surface area contributed by atoms with Gasteiger partial charge in [0, 0.05) is 12.1 Å². The molecule has 0 spiro atoms. The zero-order valence-electron chi connectivity index (χ0n) is 15.5. The van der Waals surface area contributed by atoms with E-state index in [0.29, 0.717) is 35.8 Å². The van der Waals surface area contributed by atoms with E-state index in [4.69, 9.17) is 14.2 Å². The fourth-order valence-electron chi connectivity index (χ4n) is 2.64. The fourth-order valence-corrected chi connectivity index (χ4v) is 2.64. The lowest BCUT2D eigenvalue weighted by Crippen LogP contribution is -2.12. The summed E-state index contributed by atoms with van der Waals surface area (Å²) in [6.07, 6.45) is 0.252. The highest BCUT2D eigenvalue weighted by Crippen LogP contribution is 2.38. The normalized spacial score (nSPS) is 11.6. The van der Waals surface area contributed by atoms with Crippen LogP contribution in [0.4, 0.5) is 5.69 Å². The minimum Gasteiger partial charge on any atom is -0.493 e. The van der Waals surface area contributed by atoms with Gasteiger partial charge in [-0.15, -0.1) is 0 Å². The molecular weight excluding hydrogens is 334 g/mol. The lowest BCUT2D eigenvalue weighted by molar-refractivity contribution is -0.116. The Bertz CT molecular complexity index is 733. The standard InChI is InChI=1S/C20H25NO5/c1-13(22)15-6-5-7-16(12-15)21-19(23)9-8-14-10-17(24-2)20(26-4)18(11-14)25-3/h5-7,10-13,22H,8-9H2,1-4H3,(H,21,23). The molecule has 0 fully saturated rings. The predicted octanol–water partition coefficient (Wildman–Crippen LogP) is 3.34. The van der Waals surface area contributed by atoms with Gasteiger partial charge in [0.15, 0.2) is 11.5 Å². The smallest absolute Gasteiger partial charge is 0.224 e. The van der Waals surface area contributed by atoms with Gasteiger partial charge in [-0.05, 0) is 48.7 Å². The van der Waals surface area contributed by atoms with E-state index >= 15 is 0 Å². The van der Waals surface area contributed by atoms with Crippen molar-refractivity contribution in [2.45, 2.75) is 25.9 Å². The molecule has 0 aliphatic carbocycles. The van der Waals surface area contributed by atoms with Crippen molar-refractivity contribution < 1.29 is 24.1 Å². The highest BCUT2D eigenvalue weighted by Gasteiger charge is 2.14. The van der Waals surface area contributed by atoms with Crippen LogP contribution in [-0.2, 0) is 11.2 Å². The second-order valence-corrected chi connectivity index (χ2v) is 5.88. The van der Waals surface area contributed by atoms with E-state index in [1.165, 1.54) is 0 Å². The average Bonchev–Trinajstić information content (AvgIpc) is 2.65. The third-order valence-electron chi connectivity index (χ3n) is 4.02. The number of benzene rings is 2. The minimum absolute atomic E-state index is 0.110. The molecule has 6 nitrogen and oxygen atoms in total. The Labute approximate surface area is 153 Å². The van der Waals surface area contributed by atoms with Crippen LogP contribution >= 0.6 is 0 Å². The van der Waals surface area contributed by atoms with Crippen LogP contribution in [0.25, 0.3) is 0 Å². The molecule has 0 aliphatic heterocycles. The lowest BCUT2D eigenvalue weighted by Gasteiger charge is -2.14. The molecule has 2 aromatic carbocycles. The molecule has 2 N–H and O–H groups in total. The van der Waals surface area contributed by atoms with Crippen molar-refractivity contribution in [1.82, 2.24) is 0 Å². The molecular formula is C20H25NO5. The van der Waals surface area contributed by atoms with Gasteiger partial charge in [-0.3, -0.25) is 4.79 Å². The Morgan fingerprint density at radius 2 is 1.73 bits per heavy atom. The number of hydrogen-bond acceptors (Lipinski definition) is 5. The van der Waals surface area contributed by atoms with Crippen molar-refractivity contribution in [3.8, 4) is 17.2 Å². The molecule has 0 bridgehead atoms. The molecule has 0 heterocycles. The largest absolute Gasteiger partial charge is 0.493 e. The van der Waals surface area contributed by atoms with Gasteiger partial charge in [-0.1, -0.05) is 12.1 Å². The van der Waals surface area contributed by atoms with Crippen LogP contribution in [0.15, 0.2) is 36.4 Å². The quantitative estimate of drug-likeness (QED) is 0.756. The van der Waals surface area contributed by atoms with E-state index < -0.39 is 6.10 Å². The van der Waals surface area contributed by atoms with Crippen LogP contribution in [0.3, 0.4) is 0 Å². The maximum absolute atomic E-state index is 12.2. The summed E-state index contributed by atoms with van der Waals surface area (Å²) in [6.45, 7) is 1.69. The van der Waals surface area contributed by atoms with Crippen molar-refractivity contribution in [3.05, 3.63) is 47.5 Å². The van der Waals surface area contributed by atoms with Crippen molar-refractivity contribution in [3.63, 3.8) is 0 Å². The maximum atomic E-state index is 12.2. The molecule has 0 aliphatic rings. The van der Waals surface area contributed by atoms with Crippen LogP contribution in [0.2, 0.25) is 0 Å². The number of aliphatic hydroxyl groups excluding tert-OH is 1. The van der Waals surface area contributed by atoms with E-state index in [2.05, 4.69) is 5.32 Å². The molecule has 26 heavy (non-hydrogen) atoms. The van der Waals surface area contributed by atoms with Gasteiger partial charge in [-0.25, -0.2) is 0 Å². The molecule has 1 amide bonds. The van der Waals surface area contributed by atoms with Gasteiger partial charge in [-0.2, -0.15) is 0 Å². The van der Waals surface area contributed by atoms with Crippen molar-refractivity contribution in [1.29, 1.82) is 0 Å². The molecule has 2 rings (SSSR count). The van der Waals surface area contributed by atoms with Crippen LogP contribution < -0.4 is 19.5 Å². The summed E-state index contributed by atoms with van der Waals surface area (Å²) in [7, 11) is 4.67. The zero-order chi connectivity index (χ0) is 19.1. The first-order valence-electron chi connectivity index (χ1n) is 8.35. The number of carbonyl (C=O) groups is 1. The van der Waals surface area contributed by atoms with E-state index in [0.717, 1.165) is 11.1 Å². The second-order valence-electron chi connectivity index (χ2n) is 5.88.